The molecule has 3 nitrogen and oxygen atoms in total. The van der Waals surface area contributed by atoms with Crippen LogP contribution in [0.3, 0.4) is 0 Å². The minimum atomic E-state index is 0. The van der Waals surface area contributed by atoms with E-state index in [9.17, 15) is 0 Å². The number of nitrogens with one attached hydrogen (secondary N) is 2. The van der Waals surface area contributed by atoms with Crippen molar-refractivity contribution in [1.82, 2.24) is 5.32 Å². The number of hydrogen-bond acceptors (Lipinski definition) is 4. The zero-order valence-electron chi connectivity index (χ0n) is 10.6. The molecule has 0 saturated heterocycles. The molecule has 2 atom stereocenters. The molecule has 0 amide bonds. The van der Waals surface area contributed by atoms with E-state index in [4.69, 9.17) is 5.11 Å². The van der Waals surface area contributed by atoms with Crippen LogP contribution in [0.4, 0.5) is 5.69 Å². The number of aliphatic hydroxyl groups is 1. The lowest BCUT2D eigenvalue weighted by Crippen LogP contribution is -2.27. The average molecular weight is 289 g/mol. The van der Waals surface area contributed by atoms with Crippen LogP contribution in [0.1, 0.15) is 17.2 Å². The van der Waals surface area contributed by atoms with Gasteiger partial charge in [-0.25, -0.2) is 0 Å². The van der Waals surface area contributed by atoms with E-state index in [0.717, 1.165) is 13.0 Å². The summed E-state index contributed by atoms with van der Waals surface area (Å²) in [5, 5.41) is 16.1. The molecule has 0 fully saturated rings. The lowest BCUT2D eigenvalue weighted by Gasteiger charge is -2.18. The minimum Gasteiger partial charge on any atom is -0.395 e. The zero-order chi connectivity index (χ0) is 12.1. The third-order valence-corrected chi connectivity index (χ3v) is 4.24. The normalized spacial score (nSPS) is 21.0. The van der Waals surface area contributed by atoms with Crippen molar-refractivity contribution in [3.8, 4) is 0 Å². The van der Waals surface area contributed by atoms with E-state index in [2.05, 4.69) is 41.2 Å². The van der Waals surface area contributed by atoms with Gasteiger partial charge in [0.05, 0.1) is 11.9 Å². The number of aliphatic hydroxyl groups excluding tert-OH is 1. The first-order valence-electron chi connectivity index (χ1n) is 6.06. The van der Waals surface area contributed by atoms with E-state index < -0.39 is 0 Å². The molecule has 0 aliphatic carbocycles. The van der Waals surface area contributed by atoms with Gasteiger partial charge in [0.2, 0.25) is 0 Å². The smallest absolute Gasteiger partial charge is 0.0555 e. The van der Waals surface area contributed by atoms with E-state index in [1.807, 2.05) is 11.8 Å². The van der Waals surface area contributed by atoms with Gasteiger partial charge in [0.25, 0.3) is 0 Å². The molecule has 2 rings (SSSR count). The standard InChI is InChI=1S/C13H20N2OS.ClH/c1-17-13-10-4-2-3-5-11(10)15-12(13)6-7-14-8-9-16;/h2-5,12-16H,6-9H2,1H3;1H. The molecule has 3 N–H and O–H groups in total. The van der Waals surface area contributed by atoms with Crippen molar-refractivity contribution in [2.75, 3.05) is 31.3 Å². The minimum absolute atomic E-state index is 0. The highest BCUT2D eigenvalue weighted by atomic mass is 35.5. The SMILES string of the molecule is CSC1c2ccccc2NC1CCNCCO.Cl. The average Bonchev–Trinajstić information content (AvgIpc) is 2.72. The van der Waals surface area contributed by atoms with Gasteiger partial charge >= 0.3 is 0 Å². The highest BCUT2D eigenvalue weighted by Gasteiger charge is 2.30. The Balaban J connectivity index is 0.00000162. The summed E-state index contributed by atoms with van der Waals surface area (Å²) >= 11 is 1.91. The van der Waals surface area contributed by atoms with Gasteiger partial charge < -0.3 is 15.7 Å². The number of thioether (sulfide) groups is 1. The Morgan fingerprint density at radius 2 is 2.11 bits per heavy atom. The van der Waals surface area contributed by atoms with Crippen molar-refractivity contribution in [3.63, 3.8) is 0 Å². The molecule has 0 bridgehead atoms. The molecule has 1 aliphatic heterocycles. The van der Waals surface area contributed by atoms with Crippen LogP contribution in [-0.4, -0.2) is 37.1 Å². The molecule has 0 spiro atoms. The van der Waals surface area contributed by atoms with Gasteiger partial charge in [-0.15, -0.1) is 12.4 Å². The molecule has 1 aliphatic rings. The summed E-state index contributed by atoms with van der Waals surface area (Å²) in [4.78, 5) is 0. The van der Waals surface area contributed by atoms with Gasteiger partial charge in [0.15, 0.2) is 0 Å². The zero-order valence-corrected chi connectivity index (χ0v) is 12.2. The number of fused-ring (bicyclic) bond motifs is 1. The topological polar surface area (TPSA) is 44.3 Å². The van der Waals surface area contributed by atoms with E-state index in [-0.39, 0.29) is 19.0 Å². The lowest BCUT2D eigenvalue weighted by molar-refractivity contribution is 0.291. The lowest BCUT2D eigenvalue weighted by atomic mass is 10.1. The monoisotopic (exact) mass is 288 g/mol. The molecular weight excluding hydrogens is 268 g/mol. The summed E-state index contributed by atoms with van der Waals surface area (Å²) in [5.74, 6) is 0. The Morgan fingerprint density at radius 3 is 2.83 bits per heavy atom. The van der Waals surface area contributed by atoms with Gasteiger partial charge in [-0.1, -0.05) is 18.2 Å². The highest BCUT2D eigenvalue weighted by Crippen LogP contribution is 2.42. The Morgan fingerprint density at radius 1 is 1.33 bits per heavy atom. The van der Waals surface area contributed by atoms with Crippen molar-refractivity contribution < 1.29 is 5.11 Å². The number of rotatable bonds is 6. The number of hydrogen-bond donors (Lipinski definition) is 3. The van der Waals surface area contributed by atoms with Gasteiger partial charge in [0.1, 0.15) is 0 Å². The Hall–Kier alpha value is -0.420. The molecular formula is C13H21ClN2OS. The van der Waals surface area contributed by atoms with Crippen molar-refractivity contribution in [3.05, 3.63) is 29.8 Å². The molecule has 1 aromatic carbocycles. The molecule has 1 aromatic rings. The summed E-state index contributed by atoms with van der Waals surface area (Å²) in [6.45, 7) is 1.84. The molecule has 18 heavy (non-hydrogen) atoms. The van der Waals surface area contributed by atoms with Gasteiger partial charge in [-0.05, 0) is 30.9 Å². The van der Waals surface area contributed by atoms with Crippen molar-refractivity contribution in [2.24, 2.45) is 0 Å². The molecule has 5 heteroatoms. The molecule has 0 radical (unpaired) electrons. The summed E-state index contributed by atoms with van der Waals surface area (Å²) < 4.78 is 0. The van der Waals surface area contributed by atoms with Crippen LogP contribution in [0.5, 0.6) is 0 Å². The van der Waals surface area contributed by atoms with E-state index >= 15 is 0 Å². The fourth-order valence-corrected chi connectivity index (χ4v) is 3.34. The third kappa shape index (κ3) is 3.54. The second-order valence-corrected chi connectivity index (χ2v) is 5.24. The van der Waals surface area contributed by atoms with E-state index in [1.165, 1.54) is 11.3 Å². The van der Waals surface area contributed by atoms with E-state index in [0.29, 0.717) is 17.8 Å². The second-order valence-electron chi connectivity index (χ2n) is 4.26. The molecule has 1 heterocycles. The van der Waals surface area contributed by atoms with Crippen LogP contribution in [0.15, 0.2) is 24.3 Å². The first-order chi connectivity index (χ1) is 8.36. The Bertz CT molecular complexity index is 365. The fourth-order valence-electron chi connectivity index (χ4n) is 2.35. The van der Waals surface area contributed by atoms with Crippen LogP contribution in [0.2, 0.25) is 0 Å². The first-order valence-corrected chi connectivity index (χ1v) is 7.35. The van der Waals surface area contributed by atoms with Gasteiger partial charge in [-0.2, -0.15) is 11.8 Å². The summed E-state index contributed by atoms with van der Waals surface area (Å²) in [7, 11) is 0. The quantitative estimate of drug-likeness (QED) is 0.703. The van der Waals surface area contributed by atoms with Gasteiger partial charge in [-0.3, -0.25) is 0 Å². The summed E-state index contributed by atoms with van der Waals surface area (Å²) in [6, 6.07) is 9.05. The van der Waals surface area contributed by atoms with Crippen molar-refractivity contribution in [2.45, 2.75) is 17.7 Å². The predicted molar refractivity (Wildman–Crippen MR) is 81.9 cm³/mol. The van der Waals surface area contributed by atoms with Gasteiger partial charge in [0, 0.05) is 18.3 Å². The van der Waals surface area contributed by atoms with Crippen LogP contribution >= 0.6 is 24.2 Å². The van der Waals surface area contributed by atoms with Crippen molar-refractivity contribution in [1.29, 1.82) is 0 Å². The molecule has 0 saturated carbocycles. The Labute approximate surface area is 119 Å². The highest BCUT2D eigenvalue weighted by molar-refractivity contribution is 7.98. The second kappa shape index (κ2) is 7.89. The maximum Gasteiger partial charge on any atom is 0.0555 e. The fraction of sp³-hybridized carbons (Fsp3) is 0.538. The molecule has 102 valence electrons. The third-order valence-electron chi connectivity index (χ3n) is 3.15. The largest absolute Gasteiger partial charge is 0.395 e. The first kappa shape index (κ1) is 15.6. The predicted octanol–water partition coefficient (Wildman–Crippen LogP) is 2.28. The number of benzene rings is 1. The number of para-hydroxylation sites is 1. The van der Waals surface area contributed by atoms with Crippen LogP contribution in [0.25, 0.3) is 0 Å². The molecule has 2 unspecified atom stereocenters. The van der Waals surface area contributed by atoms with E-state index in [1.54, 1.807) is 0 Å². The van der Waals surface area contributed by atoms with Crippen LogP contribution in [-0.2, 0) is 0 Å². The van der Waals surface area contributed by atoms with Crippen molar-refractivity contribution >= 4 is 29.9 Å². The number of halogens is 1. The Kier molecular flexibility index (Phi) is 6.86. The van der Waals surface area contributed by atoms with Crippen LogP contribution < -0.4 is 10.6 Å². The summed E-state index contributed by atoms with van der Waals surface area (Å²) in [5.41, 5.74) is 2.70. The number of anilines is 1. The molecule has 0 aromatic heterocycles. The maximum absolute atomic E-state index is 8.72. The van der Waals surface area contributed by atoms with Crippen LogP contribution in [0, 0.1) is 0 Å². The maximum atomic E-state index is 8.72. The summed E-state index contributed by atoms with van der Waals surface area (Å²) in [6.07, 6.45) is 3.25.